The molecule has 0 saturated heterocycles. The van der Waals surface area contributed by atoms with Crippen LogP contribution >= 0.6 is 0 Å². The van der Waals surface area contributed by atoms with Crippen LogP contribution in [0, 0.1) is 10.1 Å². The topological polar surface area (TPSA) is 78.0 Å². The van der Waals surface area contributed by atoms with E-state index >= 15 is 0 Å². The third kappa shape index (κ3) is 4.12. The summed E-state index contributed by atoms with van der Waals surface area (Å²) in [5, 5.41) is 12.0. The van der Waals surface area contributed by atoms with Crippen LogP contribution in [0.5, 0.6) is 0 Å². The van der Waals surface area contributed by atoms with Crippen LogP contribution in [0.1, 0.15) is 18.4 Å². The molecule has 0 N–H and O–H groups in total. The molecule has 0 radical (unpaired) electrons. The van der Waals surface area contributed by atoms with Crippen molar-refractivity contribution in [3.8, 4) is 11.1 Å². The van der Waals surface area contributed by atoms with Crippen LogP contribution in [0.3, 0.4) is 0 Å². The van der Waals surface area contributed by atoms with Gasteiger partial charge in [-0.2, -0.15) is 0 Å². The normalized spacial score (nSPS) is 10.9. The average molecular weight is 399 g/mol. The summed E-state index contributed by atoms with van der Waals surface area (Å²) in [5.74, 6) is 0. The van der Waals surface area contributed by atoms with E-state index in [1.165, 1.54) is 17.7 Å². The lowest BCUT2D eigenvalue weighted by Crippen LogP contribution is -2.21. The van der Waals surface area contributed by atoms with Crippen molar-refractivity contribution in [1.29, 1.82) is 0 Å². The Kier molecular flexibility index (Phi) is 5.66. The third-order valence-corrected chi connectivity index (χ3v) is 5.17. The van der Waals surface area contributed by atoms with E-state index in [0.717, 1.165) is 24.6 Å². The fourth-order valence-electron chi connectivity index (χ4n) is 3.69. The Morgan fingerprint density at radius 3 is 2.57 bits per heavy atom. The van der Waals surface area contributed by atoms with Gasteiger partial charge >= 0.3 is 0 Å². The number of non-ortho nitro benzene ring substituents is 1. The number of rotatable bonds is 7. The van der Waals surface area contributed by atoms with Gasteiger partial charge < -0.3 is 0 Å². The van der Waals surface area contributed by atoms with Crippen LogP contribution in [0.4, 0.5) is 5.69 Å². The number of pyridine rings is 2. The highest BCUT2D eigenvalue weighted by Crippen LogP contribution is 2.28. The van der Waals surface area contributed by atoms with E-state index in [2.05, 4.69) is 17.1 Å². The van der Waals surface area contributed by atoms with Gasteiger partial charge in [-0.25, -0.2) is 4.98 Å². The van der Waals surface area contributed by atoms with Crippen LogP contribution in [-0.4, -0.2) is 14.5 Å². The maximum Gasteiger partial charge on any atom is 0.270 e. The quantitative estimate of drug-likeness (QED) is 0.249. The van der Waals surface area contributed by atoms with Crippen LogP contribution < -0.4 is 5.56 Å². The molecule has 2 heterocycles. The average Bonchev–Trinajstić information content (AvgIpc) is 2.78. The fraction of sp³-hybridized carbons (Fsp3) is 0.167. The molecule has 4 rings (SSSR count). The van der Waals surface area contributed by atoms with Crippen molar-refractivity contribution in [1.82, 2.24) is 9.55 Å². The lowest BCUT2D eigenvalue weighted by atomic mass is 10.0. The number of aryl methyl sites for hydroxylation is 2. The number of nitrogens with zero attached hydrogens (tertiary/aromatic N) is 3. The lowest BCUT2D eigenvalue weighted by Gasteiger charge is -2.13. The number of hydrogen-bond acceptors (Lipinski definition) is 4. The first-order valence-electron chi connectivity index (χ1n) is 9.91. The molecule has 0 saturated carbocycles. The summed E-state index contributed by atoms with van der Waals surface area (Å²) in [6.45, 7) is 0.578. The molecule has 0 unspecified atom stereocenters. The van der Waals surface area contributed by atoms with Gasteiger partial charge in [-0.3, -0.25) is 19.5 Å². The predicted molar refractivity (Wildman–Crippen MR) is 117 cm³/mol. The molecule has 4 aromatic rings. The summed E-state index contributed by atoms with van der Waals surface area (Å²) in [6, 6.07) is 21.9. The Morgan fingerprint density at radius 1 is 0.933 bits per heavy atom. The van der Waals surface area contributed by atoms with Crippen LogP contribution in [0.25, 0.3) is 22.2 Å². The highest BCUT2D eigenvalue weighted by Gasteiger charge is 2.14. The van der Waals surface area contributed by atoms with E-state index in [0.29, 0.717) is 23.3 Å². The number of nitro groups is 1. The van der Waals surface area contributed by atoms with Gasteiger partial charge in [-0.05, 0) is 48.1 Å². The second-order valence-corrected chi connectivity index (χ2v) is 7.17. The first-order chi connectivity index (χ1) is 14.6. The molecular formula is C24H21N3O3. The zero-order valence-corrected chi connectivity index (χ0v) is 16.4. The summed E-state index contributed by atoms with van der Waals surface area (Å²) in [4.78, 5) is 28.1. The molecule has 0 aliphatic rings. The Bertz CT molecular complexity index is 1250. The van der Waals surface area contributed by atoms with E-state index in [9.17, 15) is 14.9 Å². The third-order valence-electron chi connectivity index (χ3n) is 5.17. The fourth-order valence-corrected chi connectivity index (χ4v) is 3.69. The standard InChI is InChI=1S/C24H21N3O3/c28-23-17-22(19-11-6-12-20(16-19)27(29)30)21-13-7-14-25-24(21)26(23)15-5-4-10-18-8-2-1-3-9-18/h1-3,6-9,11-14,16-17H,4-5,10,15H2. The zero-order valence-electron chi connectivity index (χ0n) is 16.4. The molecule has 30 heavy (non-hydrogen) atoms. The highest BCUT2D eigenvalue weighted by atomic mass is 16.6. The molecule has 2 aromatic heterocycles. The van der Waals surface area contributed by atoms with Crippen molar-refractivity contribution in [2.75, 3.05) is 0 Å². The minimum atomic E-state index is -0.433. The van der Waals surface area contributed by atoms with Crippen LogP contribution in [0.2, 0.25) is 0 Å². The van der Waals surface area contributed by atoms with Gasteiger partial charge in [0.25, 0.3) is 11.2 Å². The number of benzene rings is 2. The number of unbranched alkanes of at least 4 members (excludes halogenated alkanes) is 1. The van der Waals surface area contributed by atoms with Crippen molar-refractivity contribution in [2.45, 2.75) is 25.8 Å². The highest BCUT2D eigenvalue weighted by molar-refractivity contribution is 5.93. The van der Waals surface area contributed by atoms with E-state index in [1.54, 1.807) is 29.0 Å². The minimum Gasteiger partial charge on any atom is -0.293 e. The minimum absolute atomic E-state index is 0.00497. The van der Waals surface area contributed by atoms with E-state index in [4.69, 9.17) is 0 Å². The summed E-state index contributed by atoms with van der Waals surface area (Å²) in [7, 11) is 0. The Hall–Kier alpha value is -3.80. The number of fused-ring (bicyclic) bond motifs is 1. The summed E-state index contributed by atoms with van der Waals surface area (Å²) in [6.07, 6.45) is 4.46. The van der Waals surface area contributed by atoms with Gasteiger partial charge in [0.1, 0.15) is 5.65 Å². The largest absolute Gasteiger partial charge is 0.293 e. The summed E-state index contributed by atoms with van der Waals surface area (Å²) >= 11 is 0. The van der Waals surface area contributed by atoms with Crippen LogP contribution in [-0.2, 0) is 13.0 Å². The predicted octanol–water partition coefficient (Wildman–Crippen LogP) is 4.99. The van der Waals surface area contributed by atoms with Crippen molar-refractivity contribution in [3.05, 3.63) is 105 Å². The number of aromatic nitrogens is 2. The Labute approximate surface area is 173 Å². The second-order valence-electron chi connectivity index (χ2n) is 7.17. The Balaban J connectivity index is 1.64. The molecule has 2 aromatic carbocycles. The first-order valence-corrected chi connectivity index (χ1v) is 9.91. The van der Waals surface area contributed by atoms with Gasteiger partial charge in [0.05, 0.1) is 4.92 Å². The summed E-state index contributed by atoms with van der Waals surface area (Å²) < 4.78 is 1.70. The molecule has 0 spiro atoms. The lowest BCUT2D eigenvalue weighted by molar-refractivity contribution is -0.384. The molecular weight excluding hydrogens is 378 g/mol. The van der Waals surface area contributed by atoms with Gasteiger partial charge in [-0.1, -0.05) is 42.5 Å². The monoisotopic (exact) mass is 399 g/mol. The van der Waals surface area contributed by atoms with E-state index in [1.807, 2.05) is 30.3 Å². The SMILES string of the molecule is O=c1cc(-c2cccc([N+](=O)[O-])c2)c2cccnc2n1CCCCc1ccccc1. The number of nitro benzene ring substituents is 1. The van der Waals surface area contributed by atoms with Crippen molar-refractivity contribution < 1.29 is 4.92 Å². The van der Waals surface area contributed by atoms with Crippen LogP contribution in [0.15, 0.2) is 83.8 Å². The van der Waals surface area contributed by atoms with Gasteiger partial charge in [-0.15, -0.1) is 0 Å². The van der Waals surface area contributed by atoms with E-state index < -0.39 is 4.92 Å². The Morgan fingerprint density at radius 2 is 1.77 bits per heavy atom. The van der Waals surface area contributed by atoms with Crippen molar-refractivity contribution in [2.24, 2.45) is 0 Å². The number of hydrogen-bond donors (Lipinski definition) is 0. The molecule has 0 bridgehead atoms. The van der Waals surface area contributed by atoms with Crippen molar-refractivity contribution in [3.63, 3.8) is 0 Å². The second kappa shape index (κ2) is 8.69. The molecule has 150 valence electrons. The van der Waals surface area contributed by atoms with Gasteiger partial charge in [0.2, 0.25) is 0 Å². The summed E-state index contributed by atoms with van der Waals surface area (Å²) in [5.41, 5.74) is 3.03. The van der Waals surface area contributed by atoms with E-state index in [-0.39, 0.29) is 11.2 Å². The van der Waals surface area contributed by atoms with Gasteiger partial charge in [0.15, 0.2) is 0 Å². The van der Waals surface area contributed by atoms with Crippen molar-refractivity contribution >= 4 is 16.7 Å². The molecule has 0 fully saturated rings. The van der Waals surface area contributed by atoms with Gasteiger partial charge in [0, 0.05) is 36.3 Å². The molecule has 0 aliphatic heterocycles. The molecule has 0 amide bonds. The molecule has 6 heteroatoms. The maximum absolute atomic E-state index is 12.9. The smallest absolute Gasteiger partial charge is 0.270 e. The maximum atomic E-state index is 12.9. The zero-order chi connectivity index (χ0) is 20.9. The molecule has 0 atom stereocenters. The molecule has 0 aliphatic carbocycles. The first kappa shape index (κ1) is 19.5. The molecule has 6 nitrogen and oxygen atoms in total.